The lowest BCUT2D eigenvalue weighted by atomic mass is 10.2. The minimum Gasteiger partial charge on any atom is -0.220 e. The second kappa shape index (κ2) is 4.74. The number of benzene rings is 1. The van der Waals surface area contributed by atoms with E-state index in [1.54, 1.807) is 10.7 Å². The number of alkyl halides is 1. The van der Waals surface area contributed by atoms with Gasteiger partial charge < -0.3 is 0 Å². The van der Waals surface area contributed by atoms with Crippen LogP contribution in [0.1, 0.15) is 11.3 Å². The molecule has 0 spiro atoms. The molecule has 0 aliphatic rings. The molecule has 1 heterocycles. The van der Waals surface area contributed by atoms with E-state index in [0.717, 1.165) is 28.7 Å². The summed E-state index contributed by atoms with van der Waals surface area (Å²) in [7, 11) is 0. The van der Waals surface area contributed by atoms with E-state index < -0.39 is 0 Å². The largest absolute Gasteiger partial charge is 0.220 e. The van der Waals surface area contributed by atoms with Crippen molar-refractivity contribution in [2.45, 2.75) is 13.3 Å². The van der Waals surface area contributed by atoms with Crippen molar-refractivity contribution in [3.05, 3.63) is 41.5 Å². The fourth-order valence-corrected chi connectivity index (χ4v) is 1.86. The van der Waals surface area contributed by atoms with E-state index in [4.69, 9.17) is 0 Å². The van der Waals surface area contributed by atoms with Gasteiger partial charge in [0.05, 0.1) is 17.6 Å². The Bertz CT molecular complexity index is 496. The Morgan fingerprint density at radius 2 is 2.25 bits per heavy atom. The lowest BCUT2D eigenvalue weighted by molar-refractivity contribution is 0.624. The minimum absolute atomic E-state index is 0.266. The van der Waals surface area contributed by atoms with E-state index in [1.807, 2.05) is 13.1 Å². The molecular formula is C11H11BrFN3. The predicted octanol–water partition coefficient (Wildman–Crippen LogP) is 2.65. The monoisotopic (exact) mass is 283 g/mol. The molecule has 2 aromatic rings. The van der Waals surface area contributed by atoms with Crippen LogP contribution in [0.4, 0.5) is 4.39 Å². The highest BCUT2D eigenvalue weighted by molar-refractivity contribution is 9.09. The summed E-state index contributed by atoms with van der Waals surface area (Å²) in [6, 6.07) is 4.63. The molecule has 3 nitrogen and oxygen atoms in total. The zero-order valence-corrected chi connectivity index (χ0v) is 10.4. The highest BCUT2D eigenvalue weighted by Crippen LogP contribution is 2.14. The van der Waals surface area contributed by atoms with Crippen LogP contribution in [0.2, 0.25) is 0 Å². The van der Waals surface area contributed by atoms with Crippen LogP contribution in [-0.4, -0.2) is 20.3 Å². The van der Waals surface area contributed by atoms with Crippen LogP contribution in [0, 0.1) is 12.7 Å². The van der Waals surface area contributed by atoms with E-state index >= 15 is 0 Å². The van der Waals surface area contributed by atoms with Gasteiger partial charge in [0, 0.05) is 11.8 Å². The highest BCUT2D eigenvalue weighted by Gasteiger charge is 2.06. The van der Waals surface area contributed by atoms with Crippen molar-refractivity contribution >= 4 is 15.9 Å². The van der Waals surface area contributed by atoms with Gasteiger partial charge in [0.25, 0.3) is 0 Å². The van der Waals surface area contributed by atoms with Crippen LogP contribution in [0.3, 0.4) is 0 Å². The van der Waals surface area contributed by atoms with Crippen molar-refractivity contribution < 1.29 is 4.39 Å². The summed E-state index contributed by atoms with van der Waals surface area (Å²) in [4.78, 5) is 0. The lowest BCUT2D eigenvalue weighted by Crippen LogP contribution is -1.98. The second-order valence-corrected chi connectivity index (χ2v) is 4.32. The standard InChI is InChI=1S/C11H11BrFN3/c1-8-2-3-9(13)6-11(8)16-7-10(4-5-12)14-15-16/h2-3,6-7H,4-5H2,1H3. The van der Waals surface area contributed by atoms with E-state index in [2.05, 4.69) is 26.2 Å². The molecule has 0 N–H and O–H groups in total. The molecule has 0 amide bonds. The van der Waals surface area contributed by atoms with E-state index in [0.29, 0.717) is 0 Å². The zero-order chi connectivity index (χ0) is 11.5. The molecule has 1 aromatic heterocycles. The molecule has 0 saturated carbocycles. The first kappa shape index (κ1) is 11.3. The van der Waals surface area contributed by atoms with Crippen molar-refractivity contribution in [1.29, 1.82) is 0 Å². The fourth-order valence-electron chi connectivity index (χ4n) is 1.46. The first-order chi connectivity index (χ1) is 7.70. The van der Waals surface area contributed by atoms with Gasteiger partial charge in [0.1, 0.15) is 5.82 Å². The van der Waals surface area contributed by atoms with E-state index in [-0.39, 0.29) is 5.82 Å². The van der Waals surface area contributed by atoms with Crippen molar-refractivity contribution in [3.63, 3.8) is 0 Å². The Hall–Kier alpha value is -1.23. The molecule has 16 heavy (non-hydrogen) atoms. The van der Waals surface area contributed by atoms with Crippen LogP contribution in [0.5, 0.6) is 0 Å². The molecule has 0 aliphatic carbocycles. The van der Waals surface area contributed by atoms with Crippen LogP contribution >= 0.6 is 15.9 Å². The third kappa shape index (κ3) is 2.29. The van der Waals surface area contributed by atoms with Gasteiger partial charge in [-0.3, -0.25) is 0 Å². The third-order valence-corrected chi connectivity index (χ3v) is 2.71. The molecule has 0 bridgehead atoms. The number of halogens is 2. The van der Waals surface area contributed by atoms with Crippen molar-refractivity contribution in [2.24, 2.45) is 0 Å². The SMILES string of the molecule is Cc1ccc(F)cc1-n1cc(CCBr)nn1. The van der Waals surface area contributed by atoms with E-state index in [1.165, 1.54) is 12.1 Å². The number of hydrogen-bond donors (Lipinski definition) is 0. The molecule has 0 fully saturated rings. The maximum Gasteiger partial charge on any atom is 0.125 e. The van der Waals surface area contributed by atoms with Gasteiger partial charge in [-0.15, -0.1) is 5.10 Å². The number of hydrogen-bond acceptors (Lipinski definition) is 2. The number of aryl methyl sites for hydroxylation is 2. The Balaban J connectivity index is 2.38. The fraction of sp³-hybridized carbons (Fsp3) is 0.273. The van der Waals surface area contributed by atoms with Crippen molar-refractivity contribution in [2.75, 3.05) is 5.33 Å². The van der Waals surface area contributed by atoms with Crippen LogP contribution < -0.4 is 0 Å². The van der Waals surface area contributed by atoms with Gasteiger partial charge in [-0.25, -0.2) is 9.07 Å². The third-order valence-electron chi connectivity index (χ3n) is 2.31. The minimum atomic E-state index is -0.266. The Morgan fingerprint density at radius 3 is 3.00 bits per heavy atom. The summed E-state index contributed by atoms with van der Waals surface area (Å²) in [5, 5.41) is 8.84. The molecule has 0 radical (unpaired) electrons. The second-order valence-electron chi connectivity index (χ2n) is 3.52. The normalized spacial score (nSPS) is 10.7. The molecule has 84 valence electrons. The first-order valence-electron chi connectivity index (χ1n) is 4.94. The summed E-state index contributed by atoms with van der Waals surface area (Å²) in [5.41, 5.74) is 2.59. The molecule has 2 rings (SSSR count). The Labute approximate surface area is 101 Å². The number of rotatable bonds is 3. The summed E-state index contributed by atoms with van der Waals surface area (Å²) in [6.07, 6.45) is 2.64. The molecule has 1 aromatic carbocycles. The van der Waals surface area contributed by atoms with Crippen molar-refractivity contribution in [1.82, 2.24) is 15.0 Å². The first-order valence-corrected chi connectivity index (χ1v) is 6.06. The predicted molar refractivity (Wildman–Crippen MR) is 63.6 cm³/mol. The molecule has 0 atom stereocenters. The molecule has 5 heteroatoms. The topological polar surface area (TPSA) is 30.7 Å². The van der Waals surface area contributed by atoms with Crippen LogP contribution in [-0.2, 0) is 6.42 Å². The summed E-state index contributed by atoms with van der Waals surface area (Å²) in [6.45, 7) is 1.92. The summed E-state index contributed by atoms with van der Waals surface area (Å²) in [5.74, 6) is -0.266. The van der Waals surface area contributed by atoms with Gasteiger partial charge in [-0.2, -0.15) is 0 Å². The quantitative estimate of drug-likeness (QED) is 0.811. The maximum atomic E-state index is 13.1. The van der Waals surface area contributed by atoms with Gasteiger partial charge in [-0.1, -0.05) is 27.2 Å². The van der Waals surface area contributed by atoms with Gasteiger partial charge in [0.15, 0.2) is 0 Å². The van der Waals surface area contributed by atoms with Crippen LogP contribution in [0.25, 0.3) is 5.69 Å². The maximum absolute atomic E-state index is 13.1. The number of nitrogens with zero attached hydrogens (tertiary/aromatic N) is 3. The van der Waals surface area contributed by atoms with Crippen molar-refractivity contribution in [3.8, 4) is 5.69 Å². The summed E-state index contributed by atoms with van der Waals surface area (Å²) >= 11 is 3.34. The Morgan fingerprint density at radius 1 is 1.44 bits per heavy atom. The average molecular weight is 284 g/mol. The van der Waals surface area contributed by atoms with Gasteiger partial charge in [0.2, 0.25) is 0 Å². The summed E-state index contributed by atoms with van der Waals surface area (Å²) < 4.78 is 14.7. The average Bonchev–Trinajstić information content (AvgIpc) is 2.71. The highest BCUT2D eigenvalue weighted by atomic mass is 79.9. The van der Waals surface area contributed by atoms with Crippen LogP contribution in [0.15, 0.2) is 24.4 Å². The lowest BCUT2D eigenvalue weighted by Gasteiger charge is -2.04. The molecule has 0 unspecified atom stereocenters. The molecular weight excluding hydrogens is 273 g/mol. The molecule has 0 saturated heterocycles. The van der Waals surface area contributed by atoms with Gasteiger partial charge in [-0.05, 0) is 24.6 Å². The van der Waals surface area contributed by atoms with Gasteiger partial charge >= 0.3 is 0 Å². The van der Waals surface area contributed by atoms with E-state index in [9.17, 15) is 4.39 Å². The number of aromatic nitrogens is 3. The zero-order valence-electron chi connectivity index (χ0n) is 8.82. The Kier molecular flexibility index (Phi) is 3.33. The smallest absolute Gasteiger partial charge is 0.125 e. The molecule has 0 aliphatic heterocycles.